The lowest BCUT2D eigenvalue weighted by Crippen LogP contribution is -2.10. The van der Waals surface area contributed by atoms with Crippen LogP contribution in [0.4, 0.5) is 0 Å². The molecule has 2 aromatic carbocycles. The Morgan fingerprint density at radius 1 is 1.00 bits per heavy atom. The van der Waals surface area contributed by atoms with Crippen molar-refractivity contribution in [1.82, 2.24) is 9.97 Å². The van der Waals surface area contributed by atoms with Gasteiger partial charge in [0, 0.05) is 5.39 Å². The minimum atomic E-state index is -0.454. The van der Waals surface area contributed by atoms with Gasteiger partial charge in [-0.15, -0.1) is 0 Å². The van der Waals surface area contributed by atoms with Gasteiger partial charge in [0.1, 0.15) is 10.5 Å². The van der Waals surface area contributed by atoms with Crippen LogP contribution in [0.15, 0.2) is 78.7 Å². The minimum Gasteiger partial charge on any atom is -0.422 e. The fourth-order valence-electron chi connectivity index (χ4n) is 2.33. The molecule has 4 aromatic rings. The van der Waals surface area contributed by atoms with Gasteiger partial charge < -0.3 is 9.40 Å². The summed E-state index contributed by atoms with van der Waals surface area (Å²) in [5.41, 5.74) is 0.429. The van der Waals surface area contributed by atoms with Crippen LogP contribution in [0.2, 0.25) is 0 Å². The first-order valence-corrected chi connectivity index (χ1v) is 7.72. The van der Waals surface area contributed by atoms with Gasteiger partial charge in [-0.1, -0.05) is 30.3 Å². The summed E-state index contributed by atoms with van der Waals surface area (Å²) in [5, 5.41) is 1.69. The third-order valence-corrected chi connectivity index (χ3v) is 4.30. The SMILES string of the molecule is O=c1oc2ccccc2cc1Sc1nc2ccccc2c(=O)[nH]1. The molecule has 0 aliphatic rings. The highest BCUT2D eigenvalue weighted by Crippen LogP contribution is 2.25. The number of nitrogens with one attached hydrogen (secondary N) is 1. The van der Waals surface area contributed by atoms with Gasteiger partial charge in [0.05, 0.1) is 10.9 Å². The van der Waals surface area contributed by atoms with E-state index in [-0.39, 0.29) is 5.56 Å². The van der Waals surface area contributed by atoms with Crippen molar-refractivity contribution in [3.8, 4) is 0 Å². The van der Waals surface area contributed by atoms with E-state index in [1.807, 2.05) is 18.2 Å². The van der Waals surface area contributed by atoms with E-state index in [1.165, 1.54) is 0 Å². The van der Waals surface area contributed by atoms with E-state index < -0.39 is 5.63 Å². The van der Waals surface area contributed by atoms with E-state index in [0.717, 1.165) is 17.1 Å². The first kappa shape index (κ1) is 13.8. The number of nitrogens with zero attached hydrogens (tertiary/aromatic N) is 1. The number of rotatable bonds is 2. The van der Waals surface area contributed by atoms with Crippen LogP contribution in [0, 0.1) is 0 Å². The molecule has 1 N–H and O–H groups in total. The number of aromatic amines is 1. The maximum atomic E-state index is 12.1. The number of hydrogen-bond acceptors (Lipinski definition) is 5. The molecule has 112 valence electrons. The van der Waals surface area contributed by atoms with Crippen LogP contribution in [0.3, 0.4) is 0 Å². The van der Waals surface area contributed by atoms with Crippen LogP contribution < -0.4 is 11.2 Å². The van der Waals surface area contributed by atoms with Crippen LogP contribution >= 0.6 is 11.8 Å². The van der Waals surface area contributed by atoms with E-state index in [4.69, 9.17) is 4.42 Å². The Hall–Kier alpha value is -2.86. The van der Waals surface area contributed by atoms with Crippen molar-refractivity contribution in [3.63, 3.8) is 0 Å². The second kappa shape index (κ2) is 5.40. The Labute approximate surface area is 134 Å². The Morgan fingerprint density at radius 3 is 2.70 bits per heavy atom. The van der Waals surface area contributed by atoms with Gasteiger partial charge >= 0.3 is 5.63 Å². The summed E-state index contributed by atoms with van der Waals surface area (Å²) >= 11 is 1.09. The Kier molecular flexibility index (Phi) is 3.24. The molecule has 0 saturated carbocycles. The Bertz CT molecular complexity index is 1150. The summed E-state index contributed by atoms with van der Waals surface area (Å²) in [7, 11) is 0. The van der Waals surface area contributed by atoms with Crippen LogP contribution in [-0.2, 0) is 0 Å². The van der Waals surface area contributed by atoms with Crippen molar-refractivity contribution in [2.24, 2.45) is 0 Å². The monoisotopic (exact) mass is 322 g/mol. The minimum absolute atomic E-state index is 0.233. The van der Waals surface area contributed by atoms with E-state index in [0.29, 0.717) is 26.5 Å². The molecule has 5 nitrogen and oxygen atoms in total. The highest BCUT2D eigenvalue weighted by molar-refractivity contribution is 7.99. The van der Waals surface area contributed by atoms with Gasteiger partial charge in [0.25, 0.3) is 5.56 Å². The van der Waals surface area contributed by atoms with Gasteiger partial charge in [-0.3, -0.25) is 4.79 Å². The summed E-state index contributed by atoms with van der Waals surface area (Å²) in [6.45, 7) is 0. The molecule has 4 rings (SSSR count). The smallest absolute Gasteiger partial charge is 0.350 e. The molecule has 0 radical (unpaired) electrons. The zero-order valence-electron chi connectivity index (χ0n) is 11.8. The first-order chi connectivity index (χ1) is 11.2. The number of H-pyrrole nitrogens is 1. The molecule has 0 unspecified atom stereocenters. The number of fused-ring (bicyclic) bond motifs is 2. The lowest BCUT2D eigenvalue weighted by atomic mass is 10.2. The summed E-state index contributed by atoms with van der Waals surface area (Å²) in [6.07, 6.45) is 0. The molecule has 23 heavy (non-hydrogen) atoms. The summed E-state index contributed by atoms with van der Waals surface area (Å²) in [6, 6.07) is 16.1. The van der Waals surface area contributed by atoms with Crippen LogP contribution in [0.25, 0.3) is 21.9 Å². The van der Waals surface area contributed by atoms with E-state index in [2.05, 4.69) is 9.97 Å². The molecule has 0 aliphatic heterocycles. The van der Waals surface area contributed by atoms with E-state index in [9.17, 15) is 9.59 Å². The lowest BCUT2D eigenvalue weighted by Gasteiger charge is -2.03. The Morgan fingerprint density at radius 2 is 1.78 bits per heavy atom. The summed E-state index contributed by atoms with van der Waals surface area (Å²) in [5.74, 6) is 0. The first-order valence-electron chi connectivity index (χ1n) is 6.90. The van der Waals surface area contributed by atoms with E-state index in [1.54, 1.807) is 36.4 Å². The maximum Gasteiger partial charge on any atom is 0.350 e. The molecule has 2 aromatic heterocycles. The maximum absolute atomic E-state index is 12.1. The number of hydrogen-bond donors (Lipinski definition) is 1. The molecule has 0 atom stereocenters. The van der Waals surface area contributed by atoms with Crippen molar-refractivity contribution in [3.05, 3.63) is 75.4 Å². The van der Waals surface area contributed by atoms with Crippen LogP contribution in [0.1, 0.15) is 0 Å². The molecular weight excluding hydrogens is 312 g/mol. The number of aromatic nitrogens is 2. The summed E-state index contributed by atoms with van der Waals surface area (Å²) in [4.78, 5) is 31.6. The topological polar surface area (TPSA) is 76.0 Å². The highest BCUT2D eigenvalue weighted by Gasteiger charge is 2.10. The number of benzene rings is 2. The zero-order chi connectivity index (χ0) is 15.8. The van der Waals surface area contributed by atoms with Crippen molar-refractivity contribution in [2.75, 3.05) is 0 Å². The van der Waals surface area contributed by atoms with Crippen LogP contribution in [0.5, 0.6) is 0 Å². The highest BCUT2D eigenvalue weighted by atomic mass is 32.2. The molecule has 0 fully saturated rings. The molecular formula is C17H10N2O3S. The summed E-state index contributed by atoms with van der Waals surface area (Å²) < 4.78 is 5.29. The van der Waals surface area contributed by atoms with Crippen molar-refractivity contribution in [2.45, 2.75) is 10.1 Å². The molecule has 0 aliphatic carbocycles. The largest absolute Gasteiger partial charge is 0.422 e. The fourth-order valence-corrected chi connectivity index (χ4v) is 3.14. The van der Waals surface area contributed by atoms with Gasteiger partial charge in [0.15, 0.2) is 5.16 Å². The lowest BCUT2D eigenvalue weighted by molar-refractivity contribution is 0.543. The van der Waals surface area contributed by atoms with E-state index >= 15 is 0 Å². The predicted octanol–water partition coefficient (Wildman–Crippen LogP) is 3.18. The third kappa shape index (κ3) is 2.53. The standard InChI is InChI=1S/C17H10N2O3S/c20-15-11-6-2-3-7-12(11)18-17(19-15)23-14-9-10-5-1-4-8-13(10)22-16(14)21/h1-9H,(H,18,19,20). The molecule has 0 amide bonds. The second-order valence-corrected chi connectivity index (χ2v) is 5.96. The van der Waals surface area contributed by atoms with Gasteiger partial charge in [-0.2, -0.15) is 0 Å². The molecule has 0 bridgehead atoms. The Balaban J connectivity index is 1.83. The second-order valence-electron chi connectivity index (χ2n) is 4.93. The van der Waals surface area contributed by atoms with Gasteiger partial charge in [-0.05, 0) is 36.0 Å². The fraction of sp³-hybridized carbons (Fsp3) is 0. The molecule has 6 heteroatoms. The average Bonchev–Trinajstić information content (AvgIpc) is 2.56. The zero-order valence-corrected chi connectivity index (χ0v) is 12.6. The van der Waals surface area contributed by atoms with Crippen LogP contribution in [-0.4, -0.2) is 9.97 Å². The number of para-hydroxylation sites is 2. The average molecular weight is 322 g/mol. The molecule has 2 heterocycles. The van der Waals surface area contributed by atoms with Gasteiger partial charge in [0.2, 0.25) is 0 Å². The predicted molar refractivity (Wildman–Crippen MR) is 89.0 cm³/mol. The van der Waals surface area contributed by atoms with Crippen molar-refractivity contribution < 1.29 is 4.42 Å². The molecule has 0 spiro atoms. The third-order valence-electron chi connectivity index (χ3n) is 3.41. The quantitative estimate of drug-likeness (QED) is 0.453. The van der Waals surface area contributed by atoms with Crippen molar-refractivity contribution >= 4 is 33.6 Å². The van der Waals surface area contributed by atoms with Gasteiger partial charge in [-0.25, -0.2) is 9.78 Å². The molecule has 0 saturated heterocycles. The van der Waals surface area contributed by atoms with Crippen molar-refractivity contribution in [1.29, 1.82) is 0 Å². The normalized spacial score (nSPS) is 11.1.